The molecule has 0 saturated heterocycles. The Bertz CT molecular complexity index is 606. The number of rotatable bonds is 5. The van der Waals surface area contributed by atoms with Gasteiger partial charge in [0.2, 0.25) is 0 Å². The van der Waals surface area contributed by atoms with Crippen LogP contribution < -0.4 is 5.32 Å². The lowest BCUT2D eigenvalue weighted by Gasteiger charge is -2.21. The van der Waals surface area contributed by atoms with Gasteiger partial charge in [-0.1, -0.05) is 0 Å². The average molecular weight is 434 g/mol. The largest absolute Gasteiger partial charge is 0.356 e. The maximum atomic E-state index is 4.49. The van der Waals surface area contributed by atoms with Gasteiger partial charge in [-0.15, -0.1) is 22.7 Å². The van der Waals surface area contributed by atoms with Gasteiger partial charge in [0.25, 0.3) is 0 Å². The summed E-state index contributed by atoms with van der Waals surface area (Å²) in [4.78, 5) is 12.3. The molecule has 4 nitrogen and oxygen atoms in total. The van der Waals surface area contributed by atoms with E-state index in [4.69, 9.17) is 0 Å². The molecule has 2 rings (SSSR count). The number of hydrogen-bond donors (Lipinski definition) is 1. The molecule has 7 heteroatoms. The summed E-state index contributed by atoms with van der Waals surface area (Å²) < 4.78 is 1.34. The smallest absolute Gasteiger partial charge is 0.193 e. The highest BCUT2D eigenvalue weighted by molar-refractivity contribution is 14.1. The van der Waals surface area contributed by atoms with Crippen molar-refractivity contribution in [2.75, 3.05) is 20.6 Å². The van der Waals surface area contributed by atoms with Gasteiger partial charge in [-0.25, -0.2) is 4.98 Å². The molecule has 0 aromatic carbocycles. The lowest BCUT2D eigenvalue weighted by molar-refractivity contribution is 0.471. The third kappa shape index (κ3) is 5.23. The third-order valence-corrected chi connectivity index (χ3v) is 5.70. The number of halogens is 1. The van der Waals surface area contributed by atoms with Crippen molar-refractivity contribution < 1.29 is 0 Å². The topological polar surface area (TPSA) is 40.5 Å². The van der Waals surface area contributed by atoms with Gasteiger partial charge in [-0.2, -0.15) is 0 Å². The summed E-state index contributed by atoms with van der Waals surface area (Å²) >= 11 is 5.89. The lowest BCUT2D eigenvalue weighted by Crippen LogP contribution is -2.39. The maximum Gasteiger partial charge on any atom is 0.193 e. The van der Waals surface area contributed by atoms with Crippen LogP contribution >= 0.6 is 45.3 Å². The Kier molecular flexibility index (Phi) is 6.43. The Morgan fingerprint density at radius 3 is 2.86 bits per heavy atom. The van der Waals surface area contributed by atoms with Gasteiger partial charge in [0.1, 0.15) is 0 Å². The number of guanidine groups is 1. The van der Waals surface area contributed by atoms with Crippen molar-refractivity contribution in [1.82, 2.24) is 15.2 Å². The molecule has 0 aliphatic rings. The zero-order valence-electron chi connectivity index (χ0n) is 12.4. The van der Waals surface area contributed by atoms with Crippen molar-refractivity contribution in [3.05, 3.63) is 36.0 Å². The van der Waals surface area contributed by atoms with Crippen molar-refractivity contribution in [3.8, 4) is 0 Å². The number of hydrogen-bond acceptors (Lipinski definition) is 4. The van der Waals surface area contributed by atoms with Gasteiger partial charge in [0, 0.05) is 30.9 Å². The number of thiophene rings is 1. The van der Waals surface area contributed by atoms with E-state index in [1.807, 2.05) is 32.4 Å². The van der Waals surface area contributed by atoms with E-state index >= 15 is 0 Å². The molecular weight excluding hydrogens is 415 g/mol. The standard InChI is InChI=1S/C14H19IN4S2/c1-10-18-11(9-20-10)8-19(3)14(16-2)17-7-6-12-4-5-13(15)21-12/h4-5,9H,6-8H2,1-3H3,(H,16,17). The fourth-order valence-corrected chi connectivity index (χ4v) is 4.33. The average Bonchev–Trinajstić information content (AvgIpc) is 3.03. The summed E-state index contributed by atoms with van der Waals surface area (Å²) in [5.41, 5.74) is 1.09. The molecule has 0 amide bonds. The molecular formula is C14H19IN4S2. The van der Waals surface area contributed by atoms with Crippen LogP contribution in [0.25, 0.3) is 0 Å². The van der Waals surface area contributed by atoms with E-state index < -0.39 is 0 Å². The number of aliphatic imine (C=N–C) groups is 1. The number of aryl methyl sites for hydroxylation is 1. The minimum absolute atomic E-state index is 0.779. The van der Waals surface area contributed by atoms with Crippen LogP contribution in [-0.4, -0.2) is 36.5 Å². The molecule has 114 valence electrons. The predicted molar refractivity (Wildman–Crippen MR) is 100 cm³/mol. The van der Waals surface area contributed by atoms with Crippen molar-refractivity contribution >= 4 is 51.2 Å². The summed E-state index contributed by atoms with van der Waals surface area (Å²) in [6, 6.07) is 4.35. The van der Waals surface area contributed by atoms with Crippen LogP contribution in [0.4, 0.5) is 0 Å². The minimum Gasteiger partial charge on any atom is -0.356 e. The number of thiazole rings is 1. The molecule has 0 unspecified atom stereocenters. The molecule has 0 spiro atoms. The van der Waals surface area contributed by atoms with E-state index in [-0.39, 0.29) is 0 Å². The SMILES string of the molecule is CN=C(NCCc1ccc(I)s1)N(C)Cc1csc(C)n1. The molecule has 0 aliphatic heterocycles. The van der Waals surface area contributed by atoms with E-state index in [1.165, 1.54) is 7.76 Å². The van der Waals surface area contributed by atoms with E-state index in [1.54, 1.807) is 11.3 Å². The quantitative estimate of drug-likeness (QED) is 0.446. The van der Waals surface area contributed by atoms with E-state index in [2.05, 4.69) is 60.3 Å². The molecule has 2 aromatic rings. The molecule has 0 atom stereocenters. The highest BCUT2D eigenvalue weighted by Crippen LogP contribution is 2.18. The Balaban J connectivity index is 1.82. The fraction of sp³-hybridized carbons (Fsp3) is 0.429. The number of nitrogens with one attached hydrogen (secondary N) is 1. The van der Waals surface area contributed by atoms with Crippen LogP contribution in [0, 0.1) is 9.81 Å². The van der Waals surface area contributed by atoms with Gasteiger partial charge in [-0.3, -0.25) is 4.99 Å². The van der Waals surface area contributed by atoms with E-state index in [0.717, 1.165) is 36.2 Å². The Morgan fingerprint density at radius 1 is 1.48 bits per heavy atom. The molecule has 2 aromatic heterocycles. The van der Waals surface area contributed by atoms with E-state index in [9.17, 15) is 0 Å². The molecule has 0 aliphatic carbocycles. The number of nitrogens with zero attached hydrogens (tertiary/aromatic N) is 3. The highest BCUT2D eigenvalue weighted by Gasteiger charge is 2.08. The Morgan fingerprint density at radius 2 is 2.29 bits per heavy atom. The second-order valence-corrected chi connectivity index (χ2v) is 8.77. The molecule has 1 N–H and O–H groups in total. The van der Waals surface area contributed by atoms with Gasteiger partial charge < -0.3 is 10.2 Å². The zero-order chi connectivity index (χ0) is 15.2. The molecule has 0 bridgehead atoms. The normalized spacial score (nSPS) is 11.7. The van der Waals surface area contributed by atoms with Crippen LogP contribution in [0.1, 0.15) is 15.6 Å². The molecule has 2 heterocycles. The number of aromatic nitrogens is 1. The first-order valence-corrected chi connectivity index (χ1v) is 9.43. The molecule has 0 saturated carbocycles. The second kappa shape index (κ2) is 8.09. The van der Waals surface area contributed by atoms with Crippen molar-refractivity contribution in [3.63, 3.8) is 0 Å². The Labute approximate surface area is 147 Å². The lowest BCUT2D eigenvalue weighted by atomic mass is 10.3. The first kappa shape index (κ1) is 16.7. The first-order valence-electron chi connectivity index (χ1n) is 6.65. The maximum absolute atomic E-state index is 4.49. The second-order valence-electron chi connectivity index (χ2n) is 4.64. The van der Waals surface area contributed by atoms with Gasteiger partial charge in [0.05, 0.1) is 20.1 Å². The van der Waals surface area contributed by atoms with E-state index in [0.29, 0.717) is 0 Å². The van der Waals surface area contributed by atoms with Crippen LogP contribution in [0.5, 0.6) is 0 Å². The Hall–Kier alpha value is -0.670. The summed E-state index contributed by atoms with van der Waals surface area (Å²) in [6.45, 7) is 3.70. The summed E-state index contributed by atoms with van der Waals surface area (Å²) in [7, 11) is 3.86. The van der Waals surface area contributed by atoms with Gasteiger partial charge in [0.15, 0.2) is 5.96 Å². The van der Waals surface area contributed by atoms with Crippen LogP contribution in [0.15, 0.2) is 22.5 Å². The first-order chi connectivity index (χ1) is 10.1. The molecule has 0 fully saturated rings. The molecule has 0 radical (unpaired) electrons. The monoisotopic (exact) mass is 434 g/mol. The van der Waals surface area contributed by atoms with Crippen molar-refractivity contribution in [2.45, 2.75) is 19.9 Å². The summed E-state index contributed by atoms with van der Waals surface area (Å²) in [6.07, 6.45) is 1.02. The predicted octanol–water partition coefficient (Wildman–Crippen LogP) is 3.37. The summed E-state index contributed by atoms with van der Waals surface area (Å²) in [5, 5.41) is 6.62. The van der Waals surface area contributed by atoms with Crippen LogP contribution in [-0.2, 0) is 13.0 Å². The van der Waals surface area contributed by atoms with Crippen LogP contribution in [0.2, 0.25) is 0 Å². The third-order valence-electron chi connectivity index (χ3n) is 2.92. The van der Waals surface area contributed by atoms with Crippen molar-refractivity contribution in [2.24, 2.45) is 4.99 Å². The highest BCUT2D eigenvalue weighted by atomic mass is 127. The molecule has 21 heavy (non-hydrogen) atoms. The summed E-state index contributed by atoms with van der Waals surface area (Å²) in [5.74, 6) is 0.909. The van der Waals surface area contributed by atoms with Gasteiger partial charge >= 0.3 is 0 Å². The van der Waals surface area contributed by atoms with Gasteiger partial charge in [-0.05, 0) is 48.1 Å². The fourth-order valence-electron chi connectivity index (χ4n) is 1.97. The zero-order valence-corrected chi connectivity index (χ0v) is 16.2. The van der Waals surface area contributed by atoms with Crippen LogP contribution in [0.3, 0.4) is 0 Å². The minimum atomic E-state index is 0.779. The van der Waals surface area contributed by atoms with Crippen molar-refractivity contribution in [1.29, 1.82) is 0 Å².